The van der Waals surface area contributed by atoms with Crippen molar-refractivity contribution in [2.75, 3.05) is 31.9 Å². The van der Waals surface area contributed by atoms with E-state index in [1.54, 1.807) is 0 Å². The fourth-order valence-corrected chi connectivity index (χ4v) is 7.04. The van der Waals surface area contributed by atoms with E-state index in [4.69, 9.17) is 0 Å². The third-order valence-electron chi connectivity index (χ3n) is 8.52. The summed E-state index contributed by atoms with van der Waals surface area (Å²) in [6, 6.07) is -1.52. The van der Waals surface area contributed by atoms with Crippen molar-refractivity contribution in [3.05, 3.63) is 0 Å². The number of carboxylic acid groups (broad SMARTS) is 1. The maximum Gasteiger partial charge on any atom is 0.329 e. The summed E-state index contributed by atoms with van der Waals surface area (Å²) in [6.45, 7) is 9.43. The third-order valence-corrected chi connectivity index (χ3v) is 10.1. The van der Waals surface area contributed by atoms with Crippen LogP contribution in [-0.2, 0) is 25.4 Å². The van der Waals surface area contributed by atoms with Crippen molar-refractivity contribution in [2.24, 2.45) is 11.3 Å². The van der Waals surface area contributed by atoms with Crippen molar-refractivity contribution in [3.8, 4) is 0 Å². The van der Waals surface area contributed by atoms with E-state index >= 15 is 0 Å². The number of hydrogen-bond acceptors (Lipinski definition) is 5. The number of amides is 4. The number of carboxylic acids is 1. The van der Waals surface area contributed by atoms with Crippen LogP contribution in [-0.4, -0.2) is 91.9 Å². The lowest BCUT2D eigenvalue weighted by molar-refractivity contribution is -0.145. The Balaban J connectivity index is 1.49. The lowest BCUT2D eigenvalue weighted by atomic mass is 9.86. The number of nitrogens with one attached hydrogen (secondary N) is 3. The van der Waals surface area contributed by atoms with Gasteiger partial charge in [0.2, 0.25) is 11.8 Å². The molecule has 11 nitrogen and oxygen atoms in total. The van der Waals surface area contributed by atoms with Crippen molar-refractivity contribution in [3.63, 3.8) is 0 Å². The first kappa shape index (κ1) is 32.3. The lowest BCUT2D eigenvalue weighted by Crippen LogP contribution is -2.56. The van der Waals surface area contributed by atoms with Gasteiger partial charge in [0.1, 0.15) is 11.6 Å². The summed E-state index contributed by atoms with van der Waals surface area (Å²) in [7, 11) is -1.04. The monoisotopic (exact) mass is 583 g/mol. The van der Waals surface area contributed by atoms with Crippen molar-refractivity contribution < 1.29 is 28.5 Å². The smallest absolute Gasteiger partial charge is 0.329 e. The van der Waals surface area contributed by atoms with Gasteiger partial charge in [-0.15, -0.1) is 0 Å². The topological polar surface area (TPSA) is 148 Å². The number of unbranched alkanes of at least 4 members (excludes halogenated alkanes) is 4. The highest BCUT2D eigenvalue weighted by molar-refractivity contribution is 7.82. The molecule has 4 N–H and O–H groups in total. The third kappa shape index (κ3) is 8.41. The zero-order valence-electron chi connectivity index (χ0n) is 24.6. The number of carbonyl (C=O) groups excluding carboxylic acids is 3. The molecule has 40 heavy (non-hydrogen) atoms. The van der Waals surface area contributed by atoms with Crippen molar-refractivity contribution in [1.82, 2.24) is 25.2 Å². The highest BCUT2D eigenvalue weighted by atomic mass is 32.2. The van der Waals surface area contributed by atoms with E-state index in [1.165, 1.54) is 11.3 Å². The predicted molar refractivity (Wildman–Crippen MR) is 154 cm³/mol. The molecule has 1 aliphatic carbocycles. The molecule has 3 aliphatic rings. The molecule has 0 aromatic carbocycles. The summed E-state index contributed by atoms with van der Waals surface area (Å²) in [4.78, 5) is 52.4. The standard InChI is InChI=1S/C28H49N5O6S/c1-5-6-7-8-9-12-20-17-28(20,25(36)37)31-24(35)21-13-10-15-33(21)23(34)18-29-26(38)30-22(27(2,3)4)19-32-14-11-16-40(32)39/h20-22H,5-19H2,1-4H3,(H,31,35)(H,36,37)(H2,29,30,38)/t20?,21-,22?,28+,40?/m0/s1. The van der Waals surface area contributed by atoms with Gasteiger partial charge in [-0.2, -0.15) is 0 Å². The largest absolute Gasteiger partial charge is 0.479 e. The summed E-state index contributed by atoms with van der Waals surface area (Å²) in [5, 5.41) is 18.2. The second-order valence-electron chi connectivity index (χ2n) is 12.6. The first-order valence-electron chi connectivity index (χ1n) is 14.9. The van der Waals surface area contributed by atoms with Crippen molar-refractivity contribution in [2.45, 2.75) is 110 Å². The maximum atomic E-state index is 13.2. The number of carbonyl (C=O) groups is 4. The molecule has 2 aliphatic heterocycles. The predicted octanol–water partition coefficient (Wildman–Crippen LogP) is 2.38. The Morgan fingerprint density at radius 1 is 1.07 bits per heavy atom. The minimum Gasteiger partial charge on any atom is -0.479 e. The Morgan fingerprint density at radius 3 is 2.42 bits per heavy atom. The summed E-state index contributed by atoms with van der Waals surface area (Å²) >= 11 is 0. The molecule has 3 fully saturated rings. The molecule has 0 bridgehead atoms. The lowest BCUT2D eigenvalue weighted by Gasteiger charge is -2.34. The van der Waals surface area contributed by atoms with Gasteiger partial charge >= 0.3 is 12.0 Å². The van der Waals surface area contributed by atoms with Gasteiger partial charge in [0.05, 0.1) is 17.5 Å². The summed E-state index contributed by atoms with van der Waals surface area (Å²) in [5.41, 5.74) is -1.53. The van der Waals surface area contributed by atoms with E-state index in [9.17, 15) is 28.5 Å². The molecule has 0 spiro atoms. The highest BCUT2D eigenvalue weighted by Crippen LogP contribution is 2.47. The number of aliphatic carboxylic acids is 1. The number of rotatable bonds is 14. The Bertz CT molecular complexity index is 956. The Labute approximate surface area is 241 Å². The van der Waals surface area contributed by atoms with Gasteiger partial charge in [-0.3, -0.25) is 9.59 Å². The van der Waals surface area contributed by atoms with E-state index < -0.39 is 40.5 Å². The van der Waals surface area contributed by atoms with Crippen LogP contribution in [0.3, 0.4) is 0 Å². The molecular weight excluding hydrogens is 534 g/mol. The highest BCUT2D eigenvalue weighted by Gasteiger charge is 2.61. The van der Waals surface area contributed by atoms with E-state index in [-0.39, 0.29) is 29.8 Å². The number of urea groups is 1. The molecular formula is C28H49N5O6S. The first-order chi connectivity index (χ1) is 18.9. The van der Waals surface area contributed by atoms with E-state index in [2.05, 4.69) is 22.9 Å². The van der Waals surface area contributed by atoms with Gasteiger partial charge in [0.25, 0.3) is 0 Å². The minimum atomic E-state index is -1.24. The van der Waals surface area contributed by atoms with Crippen molar-refractivity contribution >= 4 is 34.8 Å². The summed E-state index contributed by atoms with van der Waals surface area (Å²) < 4.78 is 14.1. The zero-order chi connectivity index (χ0) is 29.5. The molecule has 12 heteroatoms. The fraction of sp³-hybridized carbons (Fsp3) is 0.857. The van der Waals surface area contributed by atoms with Gasteiger partial charge in [-0.25, -0.2) is 18.1 Å². The first-order valence-corrected chi connectivity index (χ1v) is 16.2. The van der Waals surface area contributed by atoms with Crippen LogP contribution in [0, 0.1) is 11.3 Å². The Hall–Kier alpha value is -2.21. The van der Waals surface area contributed by atoms with Gasteiger partial charge in [-0.1, -0.05) is 59.8 Å². The molecule has 3 rings (SSSR count). The van der Waals surface area contributed by atoms with E-state index in [0.29, 0.717) is 38.1 Å². The van der Waals surface area contributed by atoms with Crippen LogP contribution in [0.25, 0.3) is 0 Å². The number of hydrogen-bond donors (Lipinski definition) is 4. The SMILES string of the molecule is CCCCCCCC1C[C@]1(NC(=O)[C@@H]1CCCN1C(=O)CNC(=O)NC(CN1CCCS1=O)C(C)(C)C)C(=O)O. The van der Waals surface area contributed by atoms with Crippen LogP contribution in [0.4, 0.5) is 4.79 Å². The van der Waals surface area contributed by atoms with Gasteiger partial charge in [-0.05, 0) is 43.4 Å². The van der Waals surface area contributed by atoms with Gasteiger partial charge in [0, 0.05) is 31.4 Å². The number of likely N-dealkylation sites (tertiary alicyclic amines) is 1. The Morgan fingerprint density at radius 2 is 1.80 bits per heavy atom. The van der Waals surface area contributed by atoms with Crippen LogP contribution in [0.2, 0.25) is 0 Å². The second-order valence-corrected chi connectivity index (χ2v) is 14.2. The molecule has 4 amide bonds. The van der Waals surface area contributed by atoms with Crippen LogP contribution in [0.5, 0.6) is 0 Å². The molecule has 2 saturated heterocycles. The molecule has 3 unspecified atom stereocenters. The quantitative estimate of drug-likeness (QED) is 0.231. The molecule has 0 aromatic heterocycles. The average molecular weight is 584 g/mol. The second kappa shape index (κ2) is 14.1. The van der Waals surface area contributed by atoms with Crippen molar-refractivity contribution in [1.29, 1.82) is 0 Å². The summed E-state index contributed by atoms with van der Waals surface area (Å²) in [6.07, 6.45) is 8.61. The van der Waals surface area contributed by atoms with Gasteiger partial charge < -0.3 is 26.0 Å². The van der Waals surface area contributed by atoms with Crippen LogP contribution in [0.1, 0.15) is 91.9 Å². The number of nitrogens with zero attached hydrogens (tertiary/aromatic N) is 2. The van der Waals surface area contributed by atoms with E-state index in [0.717, 1.165) is 45.1 Å². The zero-order valence-corrected chi connectivity index (χ0v) is 25.4. The molecule has 1 saturated carbocycles. The van der Waals surface area contributed by atoms with Crippen LogP contribution < -0.4 is 16.0 Å². The molecule has 0 radical (unpaired) electrons. The fourth-order valence-electron chi connectivity index (χ4n) is 5.76. The Kier molecular flexibility index (Phi) is 11.4. The van der Waals surface area contributed by atoms with Crippen LogP contribution in [0.15, 0.2) is 0 Å². The minimum absolute atomic E-state index is 0.0831. The molecule has 228 valence electrons. The van der Waals surface area contributed by atoms with E-state index in [1.807, 2.05) is 25.1 Å². The molecule has 5 atom stereocenters. The summed E-state index contributed by atoms with van der Waals surface area (Å²) in [5.74, 6) is -1.28. The normalized spacial score (nSPS) is 27.3. The molecule has 0 aromatic rings. The van der Waals surface area contributed by atoms with Gasteiger partial charge in [0.15, 0.2) is 0 Å². The molecule has 2 heterocycles. The average Bonchev–Trinajstić information content (AvgIpc) is 3.18. The van der Waals surface area contributed by atoms with Crippen LogP contribution >= 0.6 is 0 Å². The maximum absolute atomic E-state index is 13.2.